The number of halogens is 2. The predicted molar refractivity (Wildman–Crippen MR) is 144 cm³/mol. The number of fused-ring (bicyclic) bond motifs is 8. The molecule has 6 rings (SSSR count). The number of benzene rings is 4. The van der Waals surface area contributed by atoms with Gasteiger partial charge in [0.15, 0.2) is 0 Å². The van der Waals surface area contributed by atoms with Gasteiger partial charge in [0.05, 0.1) is 7.11 Å². The van der Waals surface area contributed by atoms with Crippen molar-refractivity contribution in [3.05, 3.63) is 88.6 Å². The van der Waals surface area contributed by atoms with Gasteiger partial charge in [0.25, 0.3) is 5.91 Å². The van der Waals surface area contributed by atoms with Crippen LogP contribution in [-0.4, -0.2) is 18.0 Å². The summed E-state index contributed by atoms with van der Waals surface area (Å²) in [6.07, 6.45) is 0. The Bertz CT molecular complexity index is 1870. The summed E-state index contributed by atoms with van der Waals surface area (Å²) in [5, 5.41) is 6.30. The Labute approximate surface area is 216 Å². The highest BCUT2D eigenvalue weighted by Gasteiger charge is 2.21. The Morgan fingerprint density at radius 2 is 1.68 bits per heavy atom. The van der Waals surface area contributed by atoms with E-state index in [1.54, 1.807) is 32.2 Å². The number of nitrogen functional groups attached to an aromatic ring is 1. The van der Waals surface area contributed by atoms with Crippen LogP contribution in [0.2, 0.25) is 0 Å². The lowest BCUT2D eigenvalue weighted by atomic mass is 9.95. The fourth-order valence-electron chi connectivity index (χ4n) is 5.20. The monoisotopic (exact) mass is 511 g/mol. The number of furan rings is 2. The predicted octanol–water partition coefficient (Wildman–Crippen LogP) is 6.65. The zero-order chi connectivity index (χ0) is 26.7. The van der Waals surface area contributed by atoms with E-state index in [-0.39, 0.29) is 12.5 Å². The first kappa shape index (κ1) is 23.7. The van der Waals surface area contributed by atoms with E-state index >= 15 is 0 Å². The van der Waals surface area contributed by atoms with Crippen molar-refractivity contribution in [2.75, 3.05) is 12.8 Å². The molecular formula is C30H23F2N3O3. The molecule has 0 atom stereocenters. The molecule has 8 heteroatoms. The number of hydrogen-bond acceptors (Lipinski definition) is 5. The molecule has 6 nitrogen and oxygen atoms in total. The minimum Gasteiger partial charge on any atom is -0.496 e. The van der Waals surface area contributed by atoms with E-state index in [4.69, 9.17) is 14.9 Å². The maximum Gasteiger partial charge on any atom is 0.251 e. The second-order valence-electron chi connectivity index (χ2n) is 9.36. The number of nitrogens with one attached hydrogen (secondary N) is 1. The number of hydrogen-bond donors (Lipinski definition) is 2. The fraction of sp³-hybridized carbons (Fsp3) is 0.133. The highest BCUT2D eigenvalue weighted by Crippen LogP contribution is 2.43. The van der Waals surface area contributed by atoms with E-state index in [1.165, 1.54) is 6.07 Å². The summed E-state index contributed by atoms with van der Waals surface area (Å²) in [5.41, 5.74) is 10.5. The number of methoxy groups -OCH3 is 1. The van der Waals surface area contributed by atoms with E-state index in [0.717, 1.165) is 33.2 Å². The van der Waals surface area contributed by atoms with Gasteiger partial charge in [-0.05, 0) is 61.4 Å². The number of carbonyl (C=O) groups is 1. The van der Waals surface area contributed by atoms with Gasteiger partial charge in [-0.1, -0.05) is 6.07 Å². The molecule has 3 aromatic heterocycles. The van der Waals surface area contributed by atoms with Gasteiger partial charge in [0.2, 0.25) is 0 Å². The van der Waals surface area contributed by atoms with Crippen molar-refractivity contribution in [2.45, 2.75) is 20.4 Å². The van der Waals surface area contributed by atoms with Crippen LogP contribution in [0.4, 0.5) is 14.6 Å². The molecule has 0 aliphatic heterocycles. The van der Waals surface area contributed by atoms with Crippen molar-refractivity contribution in [3.63, 3.8) is 0 Å². The summed E-state index contributed by atoms with van der Waals surface area (Å²) in [6.45, 7) is 3.71. The summed E-state index contributed by atoms with van der Waals surface area (Å²) in [4.78, 5) is 17.3. The van der Waals surface area contributed by atoms with Crippen LogP contribution in [0.25, 0.3) is 43.8 Å². The molecule has 3 aromatic carbocycles. The number of nitrogens with zero attached hydrogens (tertiary/aromatic N) is 1. The normalized spacial score (nSPS) is 11.6. The average molecular weight is 512 g/mol. The van der Waals surface area contributed by atoms with E-state index < -0.39 is 11.6 Å². The molecule has 0 aliphatic rings. The summed E-state index contributed by atoms with van der Waals surface area (Å²) in [7, 11) is 1.54. The summed E-state index contributed by atoms with van der Waals surface area (Å²) < 4.78 is 39.8. The van der Waals surface area contributed by atoms with Gasteiger partial charge in [-0.3, -0.25) is 4.79 Å². The zero-order valence-electron chi connectivity index (χ0n) is 20.9. The quantitative estimate of drug-likeness (QED) is 0.253. The van der Waals surface area contributed by atoms with Crippen LogP contribution in [0.3, 0.4) is 0 Å². The van der Waals surface area contributed by atoms with Crippen molar-refractivity contribution in [1.29, 1.82) is 0 Å². The molecule has 0 fully saturated rings. The number of anilines is 1. The molecule has 3 N–H and O–H groups in total. The third kappa shape index (κ3) is 3.68. The van der Waals surface area contributed by atoms with Gasteiger partial charge >= 0.3 is 0 Å². The maximum atomic E-state index is 14.7. The lowest BCUT2D eigenvalue weighted by Crippen LogP contribution is -2.23. The Morgan fingerprint density at radius 1 is 0.974 bits per heavy atom. The third-order valence-electron chi connectivity index (χ3n) is 6.98. The van der Waals surface area contributed by atoms with Gasteiger partial charge in [0.1, 0.15) is 34.4 Å². The number of nitrogens with two attached hydrogens (primary N) is 1. The van der Waals surface area contributed by atoms with Crippen LogP contribution in [0, 0.1) is 25.5 Å². The topological polar surface area (TPSA) is 90.4 Å². The van der Waals surface area contributed by atoms with E-state index in [0.29, 0.717) is 50.7 Å². The number of carbonyl (C=O) groups excluding carboxylic acids is 1. The summed E-state index contributed by atoms with van der Waals surface area (Å²) in [5.74, 6) is -0.595. The van der Waals surface area contributed by atoms with E-state index in [1.807, 2.05) is 31.2 Å². The van der Waals surface area contributed by atoms with Gasteiger partial charge < -0.3 is 20.2 Å². The third-order valence-corrected chi connectivity index (χ3v) is 6.98. The highest BCUT2D eigenvalue weighted by atomic mass is 19.1. The Morgan fingerprint density at radius 3 is 2.42 bits per heavy atom. The average Bonchev–Trinajstić information content (AvgIpc) is 3.44. The van der Waals surface area contributed by atoms with Crippen molar-refractivity contribution in [3.8, 4) is 16.9 Å². The lowest BCUT2D eigenvalue weighted by Gasteiger charge is -2.13. The number of aromatic nitrogens is 1. The van der Waals surface area contributed by atoms with Crippen LogP contribution in [0.5, 0.6) is 5.75 Å². The first-order valence-electron chi connectivity index (χ1n) is 12.0. The molecule has 0 radical (unpaired) electrons. The van der Waals surface area contributed by atoms with Gasteiger partial charge in [0, 0.05) is 62.6 Å². The molecule has 3 heterocycles. The van der Waals surface area contributed by atoms with Gasteiger partial charge in [-0.25, -0.2) is 13.8 Å². The number of aryl methyl sites for hydroxylation is 2. The molecule has 1 amide bonds. The molecule has 0 aliphatic carbocycles. The molecule has 190 valence electrons. The molecule has 38 heavy (non-hydrogen) atoms. The van der Waals surface area contributed by atoms with Crippen LogP contribution in [-0.2, 0) is 6.54 Å². The Kier molecular flexibility index (Phi) is 5.41. The summed E-state index contributed by atoms with van der Waals surface area (Å²) >= 11 is 0. The van der Waals surface area contributed by atoms with Crippen LogP contribution in [0.15, 0.2) is 59.0 Å². The minimum absolute atomic E-state index is 0.220. The van der Waals surface area contributed by atoms with Crippen LogP contribution in [0.1, 0.15) is 27.2 Å². The van der Waals surface area contributed by atoms with Crippen LogP contribution >= 0.6 is 0 Å². The molecule has 0 saturated carbocycles. The highest BCUT2D eigenvalue weighted by molar-refractivity contribution is 6.26. The largest absolute Gasteiger partial charge is 0.496 e. The fourth-order valence-corrected chi connectivity index (χ4v) is 5.20. The van der Waals surface area contributed by atoms with E-state index in [9.17, 15) is 13.6 Å². The van der Waals surface area contributed by atoms with Crippen molar-refractivity contribution in [2.24, 2.45) is 0 Å². The molecule has 2 bridgehead atoms. The second-order valence-corrected chi connectivity index (χ2v) is 9.36. The SMILES string of the molecule is COc1cc(N)nc(C)c1CNC(=O)c1ccc2c(c1)c1oc2c2ccc(-c3c(C)cc(F)cc3F)cc21. The Hall–Kier alpha value is -4.72. The van der Waals surface area contributed by atoms with Crippen LogP contribution < -0.4 is 15.8 Å². The van der Waals surface area contributed by atoms with Crippen molar-refractivity contribution < 1.29 is 22.7 Å². The first-order valence-corrected chi connectivity index (χ1v) is 12.0. The second kappa shape index (κ2) is 8.69. The lowest BCUT2D eigenvalue weighted by molar-refractivity contribution is 0.0950. The van der Waals surface area contributed by atoms with Gasteiger partial charge in [-0.15, -0.1) is 0 Å². The van der Waals surface area contributed by atoms with Gasteiger partial charge in [-0.2, -0.15) is 0 Å². The first-order chi connectivity index (χ1) is 18.2. The molecular weight excluding hydrogens is 488 g/mol. The smallest absolute Gasteiger partial charge is 0.251 e. The minimum atomic E-state index is -0.619. The van der Waals surface area contributed by atoms with Crippen molar-refractivity contribution in [1.82, 2.24) is 10.3 Å². The number of amides is 1. The summed E-state index contributed by atoms with van der Waals surface area (Å²) in [6, 6.07) is 14.8. The molecule has 0 saturated heterocycles. The molecule has 6 aromatic rings. The number of rotatable bonds is 5. The maximum absolute atomic E-state index is 14.7. The Balaban J connectivity index is 1.37. The number of ether oxygens (including phenoxy) is 1. The zero-order valence-corrected chi connectivity index (χ0v) is 20.9. The molecule has 0 spiro atoms. The van der Waals surface area contributed by atoms with Crippen molar-refractivity contribution >= 4 is 44.4 Å². The standard InChI is InChI=1S/C30H23F2N3O3/c1-14-8-18(31)11-24(32)27(14)16-4-6-19-21(9-16)29-22-10-17(5-7-20(22)28(19)38-29)30(36)34-13-23-15(2)35-26(33)12-25(23)37-3/h4-12H,13H2,1-3H3,(H2,33,35)(H,34,36). The number of pyridine rings is 1. The van der Waals surface area contributed by atoms with E-state index in [2.05, 4.69) is 10.3 Å². The molecule has 0 unspecified atom stereocenters.